The van der Waals surface area contributed by atoms with Crippen LogP contribution in [-0.2, 0) is 11.0 Å². The molecule has 0 radical (unpaired) electrons. The summed E-state index contributed by atoms with van der Waals surface area (Å²) in [4.78, 5) is 28.3. The molecule has 1 saturated heterocycles. The fourth-order valence-corrected chi connectivity index (χ4v) is 3.28. The Labute approximate surface area is 171 Å². The Morgan fingerprint density at radius 3 is 2.17 bits per heavy atom. The lowest BCUT2D eigenvalue weighted by Crippen LogP contribution is -2.50. The second-order valence-electron chi connectivity index (χ2n) is 6.67. The van der Waals surface area contributed by atoms with Crippen molar-refractivity contribution in [2.45, 2.75) is 6.18 Å². The molecule has 0 bridgehead atoms. The van der Waals surface area contributed by atoms with Gasteiger partial charge in [0.2, 0.25) is 5.91 Å². The molecule has 1 heterocycles. The molecule has 1 aliphatic rings. The van der Waals surface area contributed by atoms with Crippen molar-refractivity contribution in [1.29, 1.82) is 0 Å². The van der Waals surface area contributed by atoms with Crippen LogP contribution >= 0.6 is 11.6 Å². The molecule has 29 heavy (non-hydrogen) atoms. The van der Waals surface area contributed by atoms with E-state index in [-0.39, 0.29) is 18.4 Å². The first kappa shape index (κ1) is 21.1. The average molecular weight is 426 g/mol. The van der Waals surface area contributed by atoms with Gasteiger partial charge in [0.05, 0.1) is 22.7 Å². The fourth-order valence-electron chi connectivity index (χ4n) is 3.06. The van der Waals surface area contributed by atoms with Gasteiger partial charge in [-0.25, -0.2) is 0 Å². The summed E-state index contributed by atoms with van der Waals surface area (Å²) in [5.41, 5.74) is -0.0204. The minimum absolute atomic E-state index is 0.0924. The van der Waals surface area contributed by atoms with Crippen LogP contribution in [0.5, 0.6) is 0 Å². The van der Waals surface area contributed by atoms with Gasteiger partial charge in [0.25, 0.3) is 5.91 Å². The second-order valence-corrected chi connectivity index (χ2v) is 7.08. The van der Waals surface area contributed by atoms with Crippen LogP contribution < -0.4 is 5.32 Å². The fraction of sp³-hybridized carbons (Fsp3) is 0.300. The van der Waals surface area contributed by atoms with Crippen molar-refractivity contribution in [3.63, 3.8) is 0 Å². The van der Waals surface area contributed by atoms with E-state index in [2.05, 4.69) is 5.32 Å². The van der Waals surface area contributed by atoms with E-state index in [1.54, 1.807) is 29.2 Å². The van der Waals surface area contributed by atoms with Crippen molar-refractivity contribution in [2.24, 2.45) is 0 Å². The van der Waals surface area contributed by atoms with Gasteiger partial charge in [-0.15, -0.1) is 0 Å². The highest BCUT2D eigenvalue weighted by Gasteiger charge is 2.30. The number of carbonyl (C=O) groups excluding carboxylic acids is 2. The van der Waals surface area contributed by atoms with Crippen LogP contribution in [0.3, 0.4) is 0 Å². The maximum atomic E-state index is 12.6. The predicted octanol–water partition coefficient (Wildman–Crippen LogP) is 3.76. The molecule has 3 rings (SSSR count). The molecule has 9 heteroatoms. The number of benzene rings is 2. The lowest BCUT2D eigenvalue weighted by atomic mass is 10.2. The van der Waals surface area contributed by atoms with Gasteiger partial charge in [0.1, 0.15) is 0 Å². The number of nitrogens with one attached hydrogen (secondary N) is 1. The van der Waals surface area contributed by atoms with Gasteiger partial charge in [0, 0.05) is 31.9 Å². The largest absolute Gasteiger partial charge is 0.416 e. The summed E-state index contributed by atoms with van der Waals surface area (Å²) < 4.78 is 37.7. The molecule has 154 valence electrons. The lowest BCUT2D eigenvalue weighted by molar-refractivity contribution is -0.137. The van der Waals surface area contributed by atoms with Crippen molar-refractivity contribution in [3.8, 4) is 0 Å². The van der Waals surface area contributed by atoms with Crippen LogP contribution in [-0.4, -0.2) is 54.3 Å². The summed E-state index contributed by atoms with van der Waals surface area (Å²) in [5, 5.41) is 2.99. The molecular formula is C20H19ClF3N3O2. The van der Waals surface area contributed by atoms with Gasteiger partial charge in [-0.1, -0.05) is 23.7 Å². The first-order valence-corrected chi connectivity index (χ1v) is 9.35. The normalized spacial score (nSPS) is 15.2. The number of hydrogen-bond acceptors (Lipinski definition) is 3. The molecule has 1 fully saturated rings. The van der Waals surface area contributed by atoms with E-state index in [0.717, 1.165) is 12.1 Å². The molecular weight excluding hydrogens is 407 g/mol. The van der Waals surface area contributed by atoms with Crippen LogP contribution in [0.1, 0.15) is 15.9 Å². The third kappa shape index (κ3) is 5.48. The number of piperazine rings is 1. The molecule has 1 N–H and O–H groups in total. The number of alkyl halides is 3. The monoisotopic (exact) mass is 425 g/mol. The van der Waals surface area contributed by atoms with Gasteiger partial charge in [-0.05, 0) is 36.4 Å². The van der Waals surface area contributed by atoms with Crippen LogP contribution in [0.15, 0.2) is 48.5 Å². The Balaban J connectivity index is 1.48. The first-order valence-electron chi connectivity index (χ1n) is 8.97. The summed E-state index contributed by atoms with van der Waals surface area (Å²) in [6.07, 6.45) is -4.41. The highest BCUT2D eigenvalue weighted by molar-refractivity contribution is 6.33. The zero-order chi connectivity index (χ0) is 21.0. The lowest BCUT2D eigenvalue weighted by Gasteiger charge is -2.34. The number of amides is 2. The smallest absolute Gasteiger partial charge is 0.336 e. The summed E-state index contributed by atoms with van der Waals surface area (Å²) in [5.74, 6) is -0.472. The van der Waals surface area contributed by atoms with Gasteiger partial charge < -0.3 is 10.2 Å². The van der Waals surface area contributed by atoms with Crippen LogP contribution in [0.4, 0.5) is 18.9 Å². The predicted molar refractivity (Wildman–Crippen MR) is 104 cm³/mol. The average Bonchev–Trinajstić information content (AvgIpc) is 2.68. The van der Waals surface area contributed by atoms with E-state index in [9.17, 15) is 22.8 Å². The molecule has 1 aliphatic heterocycles. The maximum absolute atomic E-state index is 12.6. The summed E-state index contributed by atoms with van der Waals surface area (Å²) in [6, 6.07) is 11.1. The Morgan fingerprint density at radius 1 is 0.966 bits per heavy atom. The number of nitrogens with zero attached hydrogens (tertiary/aromatic N) is 2. The van der Waals surface area contributed by atoms with E-state index in [0.29, 0.717) is 42.5 Å². The molecule has 2 aromatic carbocycles. The highest BCUT2D eigenvalue weighted by atomic mass is 35.5. The van der Waals surface area contributed by atoms with Crippen molar-refractivity contribution in [2.75, 3.05) is 38.0 Å². The third-order valence-electron chi connectivity index (χ3n) is 4.63. The highest BCUT2D eigenvalue weighted by Crippen LogP contribution is 2.29. The number of halogens is 4. The van der Waals surface area contributed by atoms with Crippen molar-refractivity contribution >= 4 is 29.1 Å². The molecule has 2 aromatic rings. The number of carbonyl (C=O) groups is 2. The van der Waals surface area contributed by atoms with E-state index < -0.39 is 11.7 Å². The van der Waals surface area contributed by atoms with Gasteiger partial charge in [-0.3, -0.25) is 14.5 Å². The standard InChI is InChI=1S/C20H19ClF3N3O2/c21-17-4-2-1-3-16(17)19(29)27-11-9-26(10-12-27)13-18(28)25-15-7-5-14(6-8-15)20(22,23)24/h1-8H,9-13H2,(H,25,28). The second kappa shape index (κ2) is 8.84. The minimum atomic E-state index is -4.41. The zero-order valence-corrected chi connectivity index (χ0v) is 16.1. The van der Waals surface area contributed by atoms with E-state index in [4.69, 9.17) is 11.6 Å². The van der Waals surface area contributed by atoms with Crippen LogP contribution in [0.25, 0.3) is 0 Å². The summed E-state index contributed by atoms with van der Waals surface area (Å²) >= 11 is 6.07. The Kier molecular flexibility index (Phi) is 6.44. The van der Waals surface area contributed by atoms with Crippen molar-refractivity contribution in [1.82, 2.24) is 9.80 Å². The minimum Gasteiger partial charge on any atom is -0.336 e. The van der Waals surface area contributed by atoms with E-state index in [1.807, 2.05) is 4.90 Å². The summed E-state index contributed by atoms with van der Waals surface area (Å²) in [7, 11) is 0. The number of hydrogen-bond donors (Lipinski definition) is 1. The third-order valence-corrected chi connectivity index (χ3v) is 4.96. The molecule has 2 amide bonds. The Hall–Kier alpha value is -2.58. The van der Waals surface area contributed by atoms with Crippen molar-refractivity contribution < 1.29 is 22.8 Å². The van der Waals surface area contributed by atoms with Crippen LogP contribution in [0.2, 0.25) is 5.02 Å². The Morgan fingerprint density at radius 2 is 1.59 bits per heavy atom. The van der Waals surface area contributed by atoms with Gasteiger partial charge >= 0.3 is 6.18 Å². The number of anilines is 1. The van der Waals surface area contributed by atoms with Crippen LogP contribution in [0, 0.1) is 0 Å². The molecule has 0 saturated carbocycles. The molecule has 0 atom stereocenters. The molecule has 0 aromatic heterocycles. The number of rotatable bonds is 4. The zero-order valence-electron chi connectivity index (χ0n) is 15.4. The van der Waals surface area contributed by atoms with E-state index in [1.165, 1.54) is 12.1 Å². The quantitative estimate of drug-likeness (QED) is 0.811. The molecule has 0 spiro atoms. The Bertz CT molecular complexity index is 879. The maximum Gasteiger partial charge on any atom is 0.416 e. The SMILES string of the molecule is O=C(CN1CCN(C(=O)c2ccccc2Cl)CC1)Nc1ccc(C(F)(F)F)cc1. The molecule has 0 aliphatic carbocycles. The van der Waals surface area contributed by atoms with Gasteiger partial charge in [-0.2, -0.15) is 13.2 Å². The van der Waals surface area contributed by atoms with E-state index >= 15 is 0 Å². The summed E-state index contributed by atoms with van der Waals surface area (Å²) in [6.45, 7) is 2.03. The van der Waals surface area contributed by atoms with Gasteiger partial charge in [0.15, 0.2) is 0 Å². The molecule has 0 unspecified atom stereocenters. The molecule has 5 nitrogen and oxygen atoms in total. The van der Waals surface area contributed by atoms with Crippen molar-refractivity contribution in [3.05, 3.63) is 64.7 Å². The first-order chi connectivity index (χ1) is 13.7. The topological polar surface area (TPSA) is 52.7 Å².